The predicted octanol–water partition coefficient (Wildman–Crippen LogP) is 1.81. The Labute approximate surface area is 107 Å². The summed E-state index contributed by atoms with van der Waals surface area (Å²) in [5, 5.41) is 0.438. The monoisotopic (exact) mass is 267 g/mol. The molecule has 1 heterocycles. The van der Waals surface area contributed by atoms with Gasteiger partial charge in [0.05, 0.1) is 13.4 Å². The molecule has 0 aliphatic heterocycles. The molecule has 6 nitrogen and oxygen atoms in total. The number of nitrogens with one attached hydrogen (secondary N) is 1. The maximum absolute atomic E-state index is 11.3. The molecule has 0 amide bonds. The molecule has 1 aromatic heterocycles. The zero-order valence-corrected chi connectivity index (χ0v) is 10.2. The van der Waals surface area contributed by atoms with Crippen LogP contribution in [0, 0.1) is 0 Å². The summed E-state index contributed by atoms with van der Waals surface area (Å²) in [7, 11) is 1.51. The normalized spacial score (nSPS) is 10.1. The number of nitrogens with zero attached hydrogens (tertiary/aromatic N) is 1. The number of hydrogen-bond acceptors (Lipinski definition) is 5. The van der Waals surface area contributed by atoms with Gasteiger partial charge in [0.2, 0.25) is 5.88 Å². The summed E-state index contributed by atoms with van der Waals surface area (Å²) in [6.07, 6.45) is 1.20. The summed E-state index contributed by atoms with van der Waals surface area (Å²) in [5.74, 6) is 0.924. The lowest BCUT2D eigenvalue weighted by Gasteiger charge is -2.08. The van der Waals surface area contributed by atoms with E-state index in [2.05, 4.69) is 9.97 Å². The van der Waals surface area contributed by atoms with Crippen molar-refractivity contribution >= 4 is 17.3 Å². The highest BCUT2D eigenvalue weighted by Gasteiger charge is 2.08. The predicted molar refractivity (Wildman–Crippen MR) is 67.3 cm³/mol. The average molecular weight is 268 g/mol. The first-order valence-electron chi connectivity index (χ1n) is 4.95. The van der Waals surface area contributed by atoms with Gasteiger partial charge in [-0.05, 0) is 12.1 Å². The van der Waals surface area contributed by atoms with Crippen LogP contribution in [0.3, 0.4) is 0 Å². The fourth-order valence-corrected chi connectivity index (χ4v) is 1.52. The molecular weight excluding hydrogens is 258 g/mol. The number of aromatic nitrogens is 2. The Morgan fingerprint density at radius 3 is 2.78 bits per heavy atom. The number of benzene rings is 1. The van der Waals surface area contributed by atoms with Gasteiger partial charge in [0, 0.05) is 11.1 Å². The van der Waals surface area contributed by atoms with Crippen molar-refractivity contribution in [2.45, 2.75) is 0 Å². The van der Waals surface area contributed by atoms with E-state index in [0.717, 1.165) is 0 Å². The highest BCUT2D eigenvalue weighted by molar-refractivity contribution is 6.30. The highest BCUT2D eigenvalue weighted by atomic mass is 35.5. The molecule has 0 atom stereocenters. The van der Waals surface area contributed by atoms with Gasteiger partial charge in [0.15, 0.2) is 5.69 Å². The minimum atomic E-state index is -0.464. The fourth-order valence-electron chi connectivity index (χ4n) is 1.30. The SMILES string of the molecule is COc1cc(Cl)cc(Oc2nc[nH]c(=O)c2N)c1. The van der Waals surface area contributed by atoms with Gasteiger partial charge in [0.25, 0.3) is 5.56 Å². The molecule has 3 N–H and O–H groups in total. The molecule has 0 bridgehead atoms. The maximum atomic E-state index is 11.3. The zero-order chi connectivity index (χ0) is 13.1. The second-order valence-electron chi connectivity index (χ2n) is 3.38. The van der Waals surface area contributed by atoms with Gasteiger partial charge in [-0.2, -0.15) is 0 Å². The summed E-state index contributed by atoms with van der Waals surface area (Å²) in [4.78, 5) is 17.4. The van der Waals surface area contributed by atoms with E-state index in [9.17, 15) is 4.79 Å². The van der Waals surface area contributed by atoms with Crippen LogP contribution in [0.15, 0.2) is 29.3 Å². The van der Waals surface area contributed by atoms with Crippen molar-refractivity contribution in [3.05, 3.63) is 39.9 Å². The first-order chi connectivity index (χ1) is 8.60. The summed E-state index contributed by atoms with van der Waals surface area (Å²) >= 11 is 5.89. The van der Waals surface area contributed by atoms with Crippen LogP contribution >= 0.6 is 11.6 Å². The molecule has 0 aliphatic carbocycles. The molecule has 2 rings (SSSR count). The third kappa shape index (κ3) is 2.54. The molecule has 94 valence electrons. The summed E-state index contributed by atoms with van der Waals surface area (Å²) < 4.78 is 10.4. The Kier molecular flexibility index (Phi) is 3.38. The van der Waals surface area contributed by atoms with E-state index in [-0.39, 0.29) is 11.6 Å². The molecule has 0 saturated carbocycles. The van der Waals surface area contributed by atoms with E-state index in [0.29, 0.717) is 16.5 Å². The van der Waals surface area contributed by atoms with Crippen LogP contribution in [-0.2, 0) is 0 Å². The van der Waals surface area contributed by atoms with Crippen molar-refractivity contribution in [1.82, 2.24) is 9.97 Å². The topological polar surface area (TPSA) is 90.2 Å². The average Bonchev–Trinajstić information content (AvgIpc) is 2.34. The first-order valence-corrected chi connectivity index (χ1v) is 5.33. The Bertz CT molecular complexity index is 627. The maximum Gasteiger partial charge on any atom is 0.277 e. The molecule has 0 spiro atoms. The lowest BCUT2D eigenvalue weighted by Crippen LogP contribution is -2.13. The van der Waals surface area contributed by atoms with Gasteiger partial charge < -0.3 is 20.2 Å². The Hall–Kier alpha value is -2.21. The van der Waals surface area contributed by atoms with E-state index >= 15 is 0 Å². The Balaban J connectivity index is 2.37. The van der Waals surface area contributed by atoms with Gasteiger partial charge in [-0.3, -0.25) is 4.79 Å². The lowest BCUT2D eigenvalue weighted by molar-refractivity contribution is 0.407. The largest absolute Gasteiger partial charge is 0.497 e. The van der Waals surface area contributed by atoms with E-state index in [1.807, 2.05) is 0 Å². The number of hydrogen-bond donors (Lipinski definition) is 2. The molecule has 0 unspecified atom stereocenters. The third-order valence-corrected chi connectivity index (χ3v) is 2.37. The highest BCUT2D eigenvalue weighted by Crippen LogP contribution is 2.29. The van der Waals surface area contributed by atoms with Crippen molar-refractivity contribution in [1.29, 1.82) is 0 Å². The minimum Gasteiger partial charge on any atom is -0.497 e. The van der Waals surface area contributed by atoms with Crippen LogP contribution in [0.2, 0.25) is 5.02 Å². The number of nitrogens with two attached hydrogens (primary N) is 1. The van der Waals surface area contributed by atoms with Gasteiger partial charge >= 0.3 is 0 Å². The number of rotatable bonds is 3. The standard InChI is InChI=1S/C11H10ClN3O3/c1-17-7-2-6(12)3-8(4-7)18-11-9(13)10(16)14-5-15-11/h2-5H,13H2,1H3,(H,14,15,16). The lowest BCUT2D eigenvalue weighted by atomic mass is 10.3. The molecule has 0 fully saturated rings. The van der Waals surface area contributed by atoms with Gasteiger partial charge in [-0.15, -0.1) is 0 Å². The number of methoxy groups -OCH3 is 1. The fraction of sp³-hybridized carbons (Fsp3) is 0.0909. The molecule has 7 heteroatoms. The minimum absolute atomic E-state index is 0.0167. The van der Waals surface area contributed by atoms with Crippen LogP contribution in [0.5, 0.6) is 17.4 Å². The Morgan fingerprint density at radius 2 is 2.06 bits per heavy atom. The number of ether oxygens (including phenoxy) is 2. The molecule has 0 aliphatic rings. The van der Waals surface area contributed by atoms with Crippen LogP contribution in [-0.4, -0.2) is 17.1 Å². The van der Waals surface area contributed by atoms with E-state index < -0.39 is 5.56 Å². The number of halogens is 1. The summed E-state index contributed by atoms with van der Waals surface area (Å²) in [6.45, 7) is 0. The zero-order valence-electron chi connectivity index (χ0n) is 9.44. The smallest absolute Gasteiger partial charge is 0.277 e. The van der Waals surface area contributed by atoms with Crippen molar-refractivity contribution in [2.75, 3.05) is 12.8 Å². The number of nitrogen functional groups attached to an aromatic ring is 1. The second kappa shape index (κ2) is 4.97. The third-order valence-electron chi connectivity index (χ3n) is 2.15. The van der Waals surface area contributed by atoms with Crippen LogP contribution in [0.25, 0.3) is 0 Å². The van der Waals surface area contributed by atoms with Crippen molar-refractivity contribution in [2.24, 2.45) is 0 Å². The van der Waals surface area contributed by atoms with E-state index in [1.54, 1.807) is 18.2 Å². The molecule has 0 saturated heterocycles. The number of H-pyrrole nitrogens is 1. The van der Waals surface area contributed by atoms with Crippen LogP contribution in [0.1, 0.15) is 0 Å². The quantitative estimate of drug-likeness (QED) is 0.885. The number of anilines is 1. The summed E-state index contributed by atoms with van der Waals surface area (Å²) in [5.41, 5.74) is 4.98. The van der Waals surface area contributed by atoms with Crippen molar-refractivity contribution in [3.8, 4) is 17.4 Å². The molecule has 1 aromatic carbocycles. The Morgan fingerprint density at radius 1 is 1.33 bits per heavy atom. The van der Waals surface area contributed by atoms with Crippen molar-refractivity contribution < 1.29 is 9.47 Å². The summed E-state index contributed by atoms with van der Waals surface area (Å²) in [6, 6.07) is 4.80. The second-order valence-corrected chi connectivity index (χ2v) is 3.82. The molecule has 18 heavy (non-hydrogen) atoms. The van der Waals surface area contributed by atoms with Gasteiger partial charge in [0.1, 0.15) is 11.5 Å². The van der Waals surface area contributed by atoms with Gasteiger partial charge in [-0.25, -0.2) is 4.98 Å². The number of aromatic amines is 1. The van der Waals surface area contributed by atoms with Crippen LogP contribution in [0.4, 0.5) is 5.69 Å². The van der Waals surface area contributed by atoms with Gasteiger partial charge in [-0.1, -0.05) is 11.6 Å². The van der Waals surface area contributed by atoms with Crippen molar-refractivity contribution in [3.63, 3.8) is 0 Å². The molecular formula is C11H10ClN3O3. The molecule has 2 aromatic rings. The van der Waals surface area contributed by atoms with E-state index in [4.69, 9.17) is 26.8 Å². The first kappa shape index (κ1) is 12.3. The van der Waals surface area contributed by atoms with E-state index in [1.165, 1.54) is 13.4 Å². The van der Waals surface area contributed by atoms with Crippen LogP contribution < -0.4 is 20.8 Å². The molecule has 0 radical (unpaired) electrons.